The molecular weight excluding hydrogens is 238 g/mol. The molecule has 0 aliphatic rings. The highest BCUT2D eigenvalue weighted by Crippen LogP contribution is 2.36. The lowest BCUT2D eigenvalue weighted by molar-refractivity contribution is 0.112. The van der Waals surface area contributed by atoms with Gasteiger partial charge >= 0.3 is 0 Å². The van der Waals surface area contributed by atoms with Crippen LogP contribution in [0.15, 0.2) is 18.3 Å². The summed E-state index contributed by atoms with van der Waals surface area (Å²) >= 11 is 3.19. The number of carbonyl (C=O) groups excluding carboxylic acids is 1. The van der Waals surface area contributed by atoms with Gasteiger partial charge in [-0.1, -0.05) is 20.8 Å². The van der Waals surface area contributed by atoms with Gasteiger partial charge in [0.25, 0.3) is 0 Å². The van der Waals surface area contributed by atoms with E-state index < -0.39 is 0 Å². The normalized spacial score (nSPS) is 11.7. The number of thiazole rings is 1. The molecular formula is C12H13NOS2. The first-order valence-corrected chi connectivity index (χ1v) is 6.66. The summed E-state index contributed by atoms with van der Waals surface area (Å²) in [5.41, 5.74) is 0.174. The molecule has 2 heterocycles. The Balaban J connectivity index is 2.35. The van der Waals surface area contributed by atoms with Crippen molar-refractivity contribution in [3.05, 3.63) is 28.1 Å². The van der Waals surface area contributed by atoms with Crippen LogP contribution in [0, 0.1) is 0 Å². The molecule has 4 heteroatoms. The number of nitrogens with zero attached hydrogens (tertiary/aromatic N) is 1. The predicted molar refractivity (Wildman–Crippen MR) is 69.5 cm³/mol. The average molecular weight is 251 g/mol. The van der Waals surface area contributed by atoms with Gasteiger partial charge in [-0.2, -0.15) is 0 Å². The third kappa shape index (κ3) is 2.23. The van der Waals surface area contributed by atoms with E-state index in [9.17, 15) is 4.79 Å². The zero-order valence-electron chi connectivity index (χ0n) is 9.48. The van der Waals surface area contributed by atoms with Crippen LogP contribution in [0.2, 0.25) is 0 Å². The molecule has 0 saturated heterocycles. The van der Waals surface area contributed by atoms with E-state index in [-0.39, 0.29) is 5.41 Å². The van der Waals surface area contributed by atoms with Gasteiger partial charge in [-0.05, 0) is 17.5 Å². The number of hydrogen-bond acceptors (Lipinski definition) is 4. The first-order valence-electron chi connectivity index (χ1n) is 5.02. The van der Waals surface area contributed by atoms with Crippen LogP contribution in [-0.2, 0) is 5.41 Å². The van der Waals surface area contributed by atoms with Gasteiger partial charge in [-0.3, -0.25) is 4.79 Å². The molecule has 2 nitrogen and oxygen atoms in total. The molecule has 0 aromatic carbocycles. The topological polar surface area (TPSA) is 30.0 Å². The fourth-order valence-corrected chi connectivity index (χ4v) is 3.17. The zero-order valence-corrected chi connectivity index (χ0v) is 11.1. The highest BCUT2D eigenvalue weighted by Gasteiger charge is 2.17. The van der Waals surface area contributed by atoms with Gasteiger partial charge in [0.05, 0.1) is 9.75 Å². The van der Waals surface area contributed by atoms with Crippen LogP contribution in [0.1, 0.15) is 35.3 Å². The Kier molecular flexibility index (Phi) is 2.95. The Hall–Kier alpha value is -1.00. The van der Waals surface area contributed by atoms with E-state index in [2.05, 4.69) is 37.9 Å². The number of rotatable bonds is 2. The number of aromatic nitrogens is 1. The van der Waals surface area contributed by atoms with E-state index in [4.69, 9.17) is 0 Å². The van der Waals surface area contributed by atoms with Crippen LogP contribution >= 0.6 is 22.7 Å². The molecule has 2 aromatic rings. The number of thiophene rings is 1. The Labute approximate surface area is 103 Å². The molecule has 0 amide bonds. The minimum Gasteiger partial charge on any atom is -0.297 e. The van der Waals surface area contributed by atoms with E-state index in [0.717, 1.165) is 16.2 Å². The maximum atomic E-state index is 10.6. The maximum absolute atomic E-state index is 10.6. The number of hydrogen-bond donors (Lipinski definition) is 0. The lowest BCUT2D eigenvalue weighted by Crippen LogP contribution is -2.07. The van der Waals surface area contributed by atoms with E-state index >= 15 is 0 Å². The van der Waals surface area contributed by atoms with Gasteiger partial charge in [0.2, 0.25) is 0 Å². The Morgan fingerprint density at radius 2 is 2.00 bits per heavy atom. The monoisotopic (exact) mass is 251 g/mol. The molecule has 2 rings (SSSR count). The Morgan fingerprint density at radius 3 is 2.50 bits per heavy atom. The first kappa shape index (κ1) is 11.5. The van der Waals surface area contributed by atoms with Crippen molar-refractivity contribution in [1.82, 2.24) is 4.98 Å². The van der Waals surface area contributed by atoms with E-state index in [1.165, 1.54) is 16.2 Å². The highest BCUT2D eigenvalue weighted by molar-refractivity contribution is 7.22. The average Bonchev–Trinajstić information content (AvgIpc) is 2.85. The molecule has 0 aliphatic carbocycles. The summed E-state index contributed by atoms with van der Waals surface area (Å²) in [6.45, 7) is 6.59. The second-order valence-electron chi connectivity index (χ2n) is 4.60. The molecule has 16 heavy (non-hydrogen) atoms. The van der Waals surface area contributed by atoms with Crippen molar-refractivity contribution < 1.29 is 4.79 Å². The summed E-state index contributed by atoms with van der Waals surface area (Å²) in [5, 5.41) is 0.933. The van der Waals surface area contributed by atoms with Crippen molar-refractivity contribution in [2.75, 3.05) is 0 Å². The smallest absolute Gasteiger partial charge is 0.161 e. The van der Waals surface area contributed by atoms with Gasteiger partial charge in [0.15, 0.2) is 6.29 Å². The molecule has 2 aromatic heterocycles. The molecule has 0 atom stereocenters. The standard InChI is InChI=1S/C12H13NOS2/c1-12(2,3)10-5-4-9(16-10)11-13-6-8(7-14)15-11/h4-7H,1-3H3. The van der Waals surface area contributed by atoms with Crippen LogP contribution in [0.4, 0.5) is 0 Å². The minimum atomic E-state index is 0.174. The van der Waals surface area contributed by atoms with Crippen molar-refractivity contribution in [3.63, 3.8) is 0 Å². The third-order valence-electron chi connectivity index (χ3n) is 2.20. The summed E-state index contributed by atoms with van der Waals surface area (Å²) < 4.78 is 0. The van der Waals surface area contributed by atoms with Gasteiger partial charge in [-0.25, -0.2) is 4.98 Å². The van der Waals surface area contributed by atoms with E-state index in [1.54, 1.807) is 17.5 Å². The van der Waals surface area contributed by atoms with Gasteiger partial charge in [0, 0.05) is 11.1 Å². The van der Waals surface area contributed by atoms with Gasteiger partial charge in [-0.15, -0.1) is 22.7 Å². The molecule has 0 unspecified atom stereocenters. The quantitative estimate of drug-likeness (QED) is 0.756. The summed E-state index contributed by atoms with van der Waals surface area (Å²) in [4.78, 5) is 18.0. The molecule has 0 N–H and O–H groups in total. The third-order valence-corrected chi connectivity index (χ3v) is 4.80. The molecule has 0 bridgehead atoms. The fourth-order valence-electron chi connectivity index (χ4n) is 1.31. The minimum absolute atomic E-state index is 0.174. The second-order valence-corrected chi connectivity index (χ2v) is 6.75. The van der Waals surface area contributed by atoms with E-state index in [1.807, 2.05) is 0 Å². The Bertz CT molecular complexity index is 505. The van der Waals surface area contributed by atoms with Crippen molar-refractivity contribution in [1.29, 1.82) is 0 Å². The summed E-state index contributed by atoms with van der Waals surface area (Å²) in [5.74, 6) is 0. The molecule has 0 saturated carbocycles. The SMILES string of the molecule is CC(C)(C)c1ccc(-c2ncc(C=O)s2)s1. The molecule has 0 fully saturated rings. The van der Waals surface area contributed by atoms with Crippen molar-refractivity contribution >= 4 is 29.0 Å². The summed E-state index contributed by atoms with van der Waals surface area (Å²) in [6, 6.07) is 4.22. The molecule has 0 spiro atoms. The predicted octanol–water partition coefficient (Wildman–Crippen LogP) is 3.98. The second kappa shape index (κ2) is 4.11. The van der Waals surface area contributed by atoms with Crippen molar-refractivity contribution in [3.8, 4) is 9.88 Å². The molecule has 84 valence electrons. The largest absolute Gasteiger partial charge is 0.297 e. The maximum Gasteiger partial charge on any atom is 0.161 e. The highest BCUT2D eigenvalue weighted by atomic mass is 32.1. The lowest BCUT2D eigenvalue weighted by Gasteiger charge is -2.15. The van der Waals surface area contributed by atoms with Crippen LogP contribution in [0.5, 0.6) is 0 Å². The molecule has 0 radical (unpaired) electrons. The van der Waals surface area contributed by atoms with E-state index in [0.29, 0.717) is 4.88 Å². The van der Waals surface area contributed by atoms with Crippen molar-refractivity contribution in [2.45, 2.75) is 26.2 Å². The molecule has 0 aliphatic heterocycles. The fraction of sp³-hybridized carbons (Fsp3) is 0.333. The van der Waals surface area contributed by atoms with Crippen LogP contribution < -0.4 is 0 Å². The van der Waals surface area contributed by atoms with Gasteiger partial charge < -0.3 is 0 Å². The summed E-state index contributed by atoms with van der Waals surface area (Å²) in [6.07, 6.45) is 2.48. The summed E-state index contributed by atoms with van der Waals surface area (Å²) in [7, 11) is 0. The zero-order chi connectivity index (χ0) is 11.8. The lowest BCUT2D eigenvalue weighted by atomic mass is 9.95. The van der Waals surface area contributed by atoms with Crippen LogP contribution in [0.25, 0.3) is 9.88 Å². The van der Waals surface area contributed by atoms with Crippen LogP contribution in [0.3, 0.4) is 0 Å². The van der Waals surface area contributed by atoms with Crippen molar-refractivity contribution in [2.24, 2.45) is 0 Å². The van der Waals surface area contributed by atoms with Crippen LogP contribution in [-0.4, -0.2) is 11.3 Å². The number of carbonyl (C=O) groups is 1. The number of aldehydes is 1. The van der Waals surface area contributed by atoms with Gasteiger partial charge in [0.1, 0.15) is 5.01 Å². The first-order chi connectivity index (χ1) is 7.50. The Morgan fingerprint density at radius 1 is 1.25 bits per heavy atom.